The molecule has 31 heavy (non-hydrogen) atoms. The normalized spacial score (nSPS) is 12.2. The molecule has 2 aromatic rings. The fourth-order valence-corrected chi connectivity index (χ4v) is 4.49. The predicted molar refractivity (Wildman–Crippen MR) is 110 cm³/mol. The van der Waals surface area contributed by atoms with Crippen LogP contribution in [-0.4, -0.2) is 45.8 Å². The van der Waals surface area contributed by atoms with Crippen molar-refractivity contribution in [2.45, 2.75) is 24.9 Å². The number of amides is 1. The number of halogens is 4. The summed E-state index contributed by atoms with van der Waals surface area (Å²) in [5.41, 5.74) is -0.992. The van der Waals surface area contributed by atoms with E-state index in [0.717, 1.165) is 34.6 Å². The van der Waals surface area contributed by atoms with E-state index in [1.54, 1.807) is 27.9 Å². The number of hydrogen-bond donors (Lipinski definition) is 1. The van der Waals surface area contributed by atoms with E-state index in [9.17, 15) is 30.8 Å². The molecular weight excluding hydrogens is 438 g/mol. The number of alkyl halides is 3. The van der Waals surface area contributed by atoms with Crippen LogP contribution in [0.4, 0.5) is 28.9 Å². The third-order valence-electron chi connectivity index (χ3n) is 4.57. The summed E-state index contributed by atoms with van der Waals surface area (Å²) in [6.45, 7) is 3.38. The van der Waals surface area contributed by atoms with Crippen LogP contribution in [0.3, 0.4) is 0 Å². The molecule has 170 valence electrons. The number of anilines is 2. The minimum absolute atomic E-state index is 0.102. The molecule has 6 nitrogen and oxygen atoms in total. The van der Waals surface area contributed by atoms with Crippen molar-refractivity contribution in [3.8, 4) is 0 Å². The molecule has 0 aliphatic carbocycles. The van der Waals surface area contributed by atoms with Crippen molar-refractivity contribution in [3.63, 3.8) is 0 Å². The molecule has 0 radical (unpaired) electrons. The first-order valence-corrected chi connectivity index (χ1v) is 10.8. The van der Waals surface area contributed by atoms with Gasteiger partial charge in [0.1, 0.15) is 10.7 Å². The van der Waals surface area contributed by atoms with Crippen molar-refractivity contribution in [1.82, 2.24) is 4.31 Å². The monoisotopic (exact) mass is 461 g/mol. The second kappa shape index (κ2) is 9.23. The van der Waals surface area contributed by atoms with E-state index in [0.29, 0.717) is 5.69 Å². The zero-order valence-electron chi connectivity index (χ0n) is 17.4. The highest BCUT2D eigenvalue weighted by atomic mass is 32.2. The number of hydrogen-bond acceptors (Lipinski definition) is 4. The van der Waals surface area contributed by atoms with Gasteiger partial charge in [-0.05, 0) is 36.4 Å². The first-order valence-electron chi connectivity index (χ1n) is 9.32. The largest absolute Gasteiger partial charge is 0.416 e. The van der Waals surface area contributed by atoms with Gasteiger partial charge in [0.25, 0.3) is 5.91 Å². The smallest absolute Gasteiger partial charge is 0.376 e. The number of carbonyl (C=O) groups is 1. The predicted octanol–water partition coefficient (Wildman–Crippen LogP) is 4.19. The molecule has 0 heterocycles. The minimum Gasteiger partial charge on any atom is -0.376 e. The van der Waals surface area contributed by atoms with Crippen molar-refractivity contribution in [2.24, 2.45) is 0 Å². The van der Waals surface area contributed by atoms with Crippen LogP contribution in [0.25, 0.3) is 0 Å². The maximum absolute atomic E-state index is 14.3. The zero-order valence-corrected chi connectivity index (χ0v) is 18.2. The van der Waals surface area contributed by atoms with Crippen LogP contribution in [0, 0.1) is 5.82 Å². The van der Waals surface area contributed by atoms with E-state index in [4.69, 9.17) is 0 Å². The molecule has 0 fully saturated rings. The molecule has 1 N–H and O–H groups in total. The van der Waals surface area contributed by atoms with Gasteiger partial charge in [-0.15, -0.1) is 0 Å². The van der Waals surface area contributed by atoms with Gasteiger partial charge in [-0.3, -0.25) is 4.79 Å². The molecule has 0 atom stereocenters. The van der Waals surface area contributed by atoms with Gasteiger partial charge >= 0.3 is 6.18 Å². The number of rotatable bonds is 7. The average molecular weight is 461 g/mol. The van der Waals surface area contributed by atoms with Crippen molar-refractivity contribution in [3.05, 3.63) is 53.3 Å². The molecule has 1 amide bonds. The van der Waals surface area contributed by atoms with Crippen LogP contribution in [0.1, 0.15) is 29.8 Å². The molecule has 0 unspecified atom stereocenters. The van der Waals surface area contributed by atoms with E-state index in [1.165, 1.54) is 11.0 Å². The summed E-state index contributed by atoms with van der Waals surface area (Å²) in [4.78, 5) is 13.5. The third kappa shape index (κ3) is 5.34. The topological polar surface area (TPSA) is 69.7 Å². The molecule has 2 rings (SSSR count). The van der Waals surface area contributed by atoms with Crippen LogP contribution in [0.15, 0.2) is 41.3 Å². The number of benzene rings is 2. The van der Waals surface area contributed by atoms with Crippen LogP contribution in [-0.2, 0) is 16.2 Å². The SMILES string of the molecule is CCN(CC)S(=O)(=O)c1cc(C(=O)Nc2cc(C(F)(F)F)ccc2N(C)C)ccc1F. The van der Waals surface area contributed by atoms with E-state index >= 15 is 0 Å². The number of nitrogens with one attached hydrogen (secondary N) is 1. The summed E-state index contributed by atoms with van der Waals surface area (Å²) < 4.78 is 79.9. The Bertz CT molecular complexity index is 1070. The van der Waals surface area contributed by atoms with E-state index in [1.807, 2.05) is 0 Å². The maximum atomic E-state index is 14.3. The maximum Gasteiger partial charge on any atom is 0.416 e. The van der Waals surface area contributed by atoms with Gasteiger partial charge in [0.2, 0.25) is 10.0 Å². The Balaban J connectivity index is 2.48. The van der Waals surface area contributed by atoms with E-state index in [-0.39, 0.29) is 24.3 Å². The Labute approximate surface area is 178 Å². The second-order valence-corrected chi connectivity index (χ2v) is 8.72. The lowest BCUT2D eigenvalue weighted by atomic mass is 10.1. The Morgan fingerprint density at radius 1 is 1.03 bits per heavy atom. The molecule has 0 aliphatic rings. The van der Waals surface area contributed by atoms with E-state index < -0.39 is 38.4 Å². The minimum atomic E-state index is -4.62. The van der Waals surface area contributed by atoms with Gasteiger partial charge in [-0.25, -0.2) is 12.8 Å². The van der Waals surface area contributed by atoms with Gasteiger partial charge in [-0.1, -0.05) is 13.8 Å². The molecule has 0 bridgehead atoms. The third-order valence-corrected chi connectivity index (χ3v) is 6.64. The van der Waals surface area contributed by atoms with Crippen LogP contribution in [0.2, 0.25) is 0 Å². The molecule has 0 saturated heterocycles. The van der Waals surface area contributed by atoms with Gasteiger partial charge in [0, 0.05) is 32.7 Å². The lowest BCUT2D eigenvalue weighted by Crippen LogP contribution is -2.31. The second-order valence-electron chi connectivity index (χ2n) is 6.81. The molecule has 0 aromatic heterocycles. The summed E-state index contributed by atoms with van der Waals surface area (Å²) in [7, 11) is -1.01. The van der Waals surface area contributed by atoms with Gasteiger partial charge in [-0.2, -0.15) is 17.5 Å². The average Bonchev–Trinajstić information content (AvgIpc) is 2.67. The molecule has 0 spiro atoms. The molecule has 11 heteroatoms. The molecule has 0 saturated carbocycles. The highest BCUT2D eigenvalue weighted by molar-refractivity contribution is 7.89. The Morgan fingerprint density at radius 3 is 2.16 bits per heavy atom. The molecule has 0 aliphatic heterocycles. The van der Waals surface area contributed by atoms with Gasteiger partial charge < -0.3 is 10.2 Å². The highest BCUT2D eigenvalue weighted by Crippen LogP contribution is 2.35. The number of nitrogens with zero attached hydrogens (tertiary/aromatic N) is 2. The Morgan fingerprint density at radius 2 is 1.65 bits per heavy atom. The number of carbonyl (C=O) groups excluding carboxylic acids is 1. The summed E-state index contributed by atoms with van der Waals surface area (Å²) in [6.07, 6.45) is -4.62. The fourth-order valence-electron chi connectivity index (χ4n) is 2.94. The van der Waals surface area contributed by atoms with Crippen LogP contribution < -0.4 is 10.2 Å². The van der Waals surface area contributed by atoms with Crippen molar-refractivity contribution < 1.29 is 30.8 Å². The van der Waals surface area contributed by atoms with Crippen molar-refractivity contribution in [2.75, 3.05) is 37.4 Å². The van der Waals surface area contributed by atoms with E-state index in [2.05, 4.69) is 5.32 Å². The first kappa shape index (κ1) is 24.6. The molecule has 2 aromatic carbocycles. The van der Waals surface area contributed by atoms with Gasteiger partial charge in [0.05, 0.1) is 16.9 Å². The summed E-state index contributed by atoms with van der Waals surface area (Å²) in [5.74, 6) is -1.91. The Kier molecular flexibility index (Phi) is 7.32. The fraction of sp³-hybridized carbons (Fsp3) is 0.350. The standard InChI is InChI=1S/C20H23F4N3O3S/c1-5-27(6-2)31(29,30)18-11-13(7-9-15(18)21)19(28)25-16-12-14(20(22,23)24)8-10-17(16)26(3)4/h7-12H,5-6H2,1-4H3,(H,25,28). The number of sulfonamides is 1. The molecular formula is C20H23F4N3O3S. The lowest BCUT2D eigenvalue weighted by molar-refractivity contribution is -0.137. The summed E-state index contributed by atoms with van der Waals surface area (Å²) >= 11 is 0. The summed E-state index contributed by atoms with van der Waals surface area (Å²) in [6, 6.07) is 5.65. The van der Waals surface area contributed by atoms with Gasteiger partial charge in [0.15, 0.2) is 0 Å². The quantitative estimate of drug-likeness (QED) is 0.628. The van der Waals surface area contributed by atoms with Crippen molar-refractivity contribution >= 4 is 27.3 Å². The Hall–Kier alpha value is -2.66. The first-order chi connectivity index (χ1) is 14.3. The van der Waals surface area contributed by atoms with Crippen LogP contribution in [0.5, 0.6) is 0 Å². The summed E-state index contributed by atoms with van der Waals surface area (Å²) in [5, 5.41) is 2.36. The highest BCUT2D eigenvalue weighted by Gasteiger charge is 2.32. The zero-order chi connectivity index (χ0) is 23.6. The lowest BCUT2D eigenvalue weighted by Gasteiger charge is -2.20. The van der Waals surface area contributed by atoms with Crippen LogP contribution >= 0.6 is 0 Å². The van der Waals surface area contributed by atoms with Crippen molar-refractivity contribution in [1.29, 1.82) is 0 Å².